The van der Waals surface area contributed by atoms with E-state index in [0.717, 1.165) is 33.3 Å². The molecule has 29 heavy (non-hydrogen) atoms. The molecule has 4 aromatic rings. The first kappa shape index (κ1) is 19.9. The molecular formula is C24H18Cl3NO. The molecule has 146 valence electrons. The minimum absolute atomic E-state index is 0.468. The van der Waals surface area contributed by atoms with E-state index in [1.807, 2.05) is 54.6 Å². The van der Waals surface area contributed by atoms with E-state index < -0.39 is 0 Å². The molecule has 0 radical (unpaired) electrons. The molecule has 0 heterocycles. The van der Waals surface area contributed by atoms with Gasteiger partial charge in [0, 0.05) is 22.8 Å². The van der Waals surface area contributed by atoms with Crippen LogP contribution in [0.3, 0.4) is 0 Å². The number of ether oxygens (including phenoxy) is 1. The van der Waals surface area contributed by atoms with Crippen molar-refractivity contribution >= 4 is 51.3 Å². The molecule has 0 aliphatic rings. The lowest BCUT2D eigenvalue weighted by Crippen LogP contribution is -2.04. The zero-order valence-electron chi connectivity index (χ0n) is 15.5. The zero-order valence-corrected chi connectivity index (χ0v) is 17.7. The highest BCUT2D eigenvalue weighted by molar-refractivity contribution is 6.42. The second-order valence-corrected chi connectivity index (χ2v) is 7.91. The van der Waals surface area contributed by atoms with Gasteiger partial charge in [0.1, 0.15) is 12.4 Å². The lowest BCUT2D eigenvalue weighted by molar-refractivity contribution is 0.304. The quantitative estimate of drug-likeness (QED) is 0.327. The highest BCUT2D eigenvalue weighted by Crippen LogP contribution is 2.31. The largest absolute Gasteiger partial charge is 0.489 e. The second-order valence-electron chi connectivity index (χ2n) is 6.66. The maximum Gasteiger partial charge on any atom is 0.125 e. The summed E-state index contributed by atoms with van der Waals surface area (Å²) in [7, 11) is 0. The van der Waals surface area contributed by atoms with Crippen molar-refractivity contribution in [2.75, 3.05) is 5.32 Å². The summed E-state index contributed by atoms with van der Waals surface area (Å²) in [6.45, 7) is 1.06. The average molecular weight is 443 g/mol. The molecule has 0 aliphatic carbocycles. The van der Waals surface area contributed by atoms with Gasteiger partial charge in [0.25, 0.3) is 0 Å². The number of anilines is 1. The average Bonchev–Trinajstić information content (AvgIpc) is 2.74. The van der Waals surface area contributed by atoms with Gasteiger partial charge in [-0.2, -0.15) is 0 Å². The van der Waals surface area contributed by atoms with Crippen LogP contribution in [0.4, 0.5) is 5.69 Å². The molecule has 0 atom stereocenters. The van der Waals surface area contributed by atoms with Crippen LogP contribution in [0, 0.1) is 0 Å². The van der Waals surface area contributed by atoms with Crippen LogP contribution in [-0.4, -0.2) is 0 Å². The summed E-state index contributed by atoms with van der Waals surface area (Å²) in [5, 5.41) is 7.51. The van der Waals surface area contributed by atoms with Gasteiger partial charge >= 0.3 is 0 Å². The minimum Gasteiger partial charge on any atom is -0.489 e. The number of nitrogens with one attached hydrogen (secondary N) is 1. The molecule has 0 saturated heterocycles. The first-order valence-electron chi connectivity index (χ1n) is 9.17. The van der Waals surface area contributed by atoms with E-state index in [1.165, 1.54) is 0 Å². The molecule has 0 aromatic heterocycles. The molecule has 0 bridgehead atoms. The molecule has 0 spiro atoms. The standard InChI is InChI=1S/C24H18Cl3NO/c25-18-8-5-16(6-9-18)15-29-24-12-7-17-3-1-2-4-20(17)21(24)14-28-19-10-11-22(26)23(27)13-19/h1-13,28H,14-15H2. The SMILES string of the molecule is Clc1ccc(COc2ccc3ccccc3c2CNc2ccc(Cl)c(Cl)c2)cc1. The Balaban J connectivity index is 1.61. The van der Waals surface area contributed by atoms with Gasteiger partial charge in [0.05, 0.1) is 10.0 Å². The summed E-state index contributed by atoms with van der Waals surface area (Å²) in [6, 6.07) is 25.6. The third-order valence-corrected chi connectivity index (χ3v) is 5.69. The Kier molecular flexibility index (Phi) is 6.15. The van der Waals surface area contributed by atoms with Crippen molar-refractivity contribution in [3.8, 4) is 5.75 Å². The molecular weight excluding hydrogens is 425 g/mol. The molecule has 5 heteroatoms. The third-order valence-electron chi connectivity index (χ3n) is 4.69. The number of hydrogen-bond acceptors (Lipinski definition) is 2. The van der Waals surface area contributed by atoms with Crippen molar-refractivity contribution in [2.24, 2.45) is 0 Å². The second kappa shape index (κ2) is 8.96. The fourth-order valence-electron chi connectivity index (χ4n) is 3.17. The van der Waals surface area contributed by atoms with Crippen molar-refractivity contribution in [2.45, 2.75) is 13.2 Å². The van der Waals surface area contributed by atoms with Crippen LogP contribution in [0.1, 0.15) is 11.1 Å². The van der Waals surface area contributed by atoms with E-state index in [4.69, 9.17) is 39.5 Å². The van der Waals surface area contributed by atoms with Crippen molar-refractivity contribution in [1.29, 1.82) is 0 Å². The number of hydrogen-bond donors (Lipinski definition) is 1. The highest BCUT2D eigenvalue weighted by atomic mass is 35.5. The molecule has 4 aromatic carbocycles. The Bertz CT molecular complexity index is 1140. The molecule has 4 rings (SSSR count). The molecule has 1 N–H and O–H groups in total. The number of fused-ring (bicyclic) bond motifs is 1. The van der Waals surface area contributed by atoms with Gasteiger partial charge in [-0.3, -0.25) is 0 Å². The van der Waals surface area contributed by atoms with Crippen LogP contribution >= 0.6 is 34.8 Å². The van der Waals surface area contributed by atoms with E-state index in [1.54, 1.807) is 6.07 Å². The van der Waals surface area contributed by atoms with Crippen LogP contribution in [0.15, 0.2) is 78.9 Å². The van der Waals surface area contributed by atoms with E-state index in [2.05, 4.69) is 23.5 Å². The topological polar surface area (TPSA) is 21.3 Å². The van der Waals surface area contributed by atoms with Crippen LogP contribution < -0.4 is 10.1 Å². The van der Waals surface area contributed by atoms with Crippen molar-refractivity contribution in [1.82, 2.24) is 0 Å². The van der Waals surface area contributed by atoms with E-state index in [0.29, 0.717) is 28.2 Å². The van der Waals surface area contributed by atoms with E-state index >= 15 is 0 Å². The summed E-state index contributed by atoms with van der Waals surface area (Å²) >= 11 is 18.1. The van der Waals surface area contributed by atoms with Crippen molar-refractivity contribution < 1.29 is 4.74 Å². The Morgan fingerprint density at radius 2 is 1.55 bits per heavy atom. The van der Waals surface area contributed by atoms with Crippen LogP contribution in [0.2, 0.25) is 15.1 Å². The van der Waals surface area contributed by atoms with Crippen LogP contribution in [0.5, 0.6) is 5.75 Å². The van der Waals surface area contributed by atoms with Gasteiger partial charge in [0.15, 0.2) is 0 Å². The normalized spacial score (nSPS) is 10.9. The molecule has 0 fully saturated rings. The highest BCUT2D eigenvalue weighted by Gasteiger charge is 2.10. The predicted molar refractivity (Wildman–Crippen MR) is 124 cm³/mol. The van der Waals surface area contributed by atoms with Crippen LogP contribution in [-0.2, 0) is 13.2 Å². The van der Waals surface area contributed by atoms with Gasteiger partial charge < -0.3 is 10.1 Å². The first-order valence-corrected chi connectivity index (χ1v) is 10.3. The fourth-order valence-corrected chi connectivity index (χ4v) is 3.60. The summed E-state index contributed by atoms with van der Waals surface area (Å²) < 4.78 is 6.17. The van der Waals surface area contributed by atoms with Gasteiger partial charge in [-0.25, -0.2) is 0 Å². The Morgan fingerprint density at radius 3 is 2.34 bits per heavy atom. The number of benzene rings is 4. The maximum atomic E-state index is 6.17. The zero-order chi connectivity index (χ0) is 20.2. The van der Waals surface area contributed by atoms with Crippen molar-refractivity contribution in [3.63, 3.8) is 0 Å². The predicted octanol–water partition coefficient (Wildman–Crippen LogP) is 7.99. The van der Waals surface area contributed by atoms with Gasteiger partial charge in [-0.1, -0.05) is 77.3 Å². The molecule has 0 unspecified atom stereocenters. The molecule has 0 amide bonds. The first-order chi connectivity index (χ1) is 14.1. The van der Waals surface area contributed by atoms with Gasteiger partial charge in [-0.05, 0) is 52.7 Å². The summed E-state index contributed by atoms with van der Waals surface area (Å²) in [5.41, 5.74) is 3.05. The summed E-state index contributed by atoms with van der Waals surface area (Å²) in [6.07, 6.45) is 0. The lowest BCUT2D eigenvalue weighted by atomic mass is 10.0. The smallest absolute Gasteiger partial charge is 0.125 e. The van der Waals surface area contributed by atoms with Gasteiger partial charge in [0.2, 0.25) is 0 Å². The fraction of sp³-hybridized carbons (Fsp3) is 0.0833. The lowest BCUT2D eigenvalue weighted by Gasteiger charge is -2.16. The molecule has 0 saturated carbocycles. The number of halogens is 3. The Morgan fingerprint density at radius 1 is 0.759 bits per heavy atom. The van der Waals surface area contributed by atoms with Crippen molar-refractivity contribution in [3.05, 3.63) is 105 Å². The van der Waals surface area contributed by atoms with Crippen LogP contribution in [0.25, 0.3) is 10.8 Å². The van der Waals surface area contributed by atoms with E-state index in [9.17, 15) is 0 Å². The third kappa shape index (κ3) is 4.79. The van der Waals surface area contributed by atoms with Gasteiger partial charge in [-0.15, -0.1) is 0 Å². The Labute approximate surface area is 185 Å². The number of rotatable bonds is 6. The molecule has 0 aliphatic heterocycles. The molecule has 2 nitrogen and oxygen atoms in total. The van der Waals surface area contributed by atoms with E-state index in [-0.39, 0.29) is 0 Å². The summed E-state index contributed by atoms with van der Waals surface area (Å²) in [5.74, 6) is 0.839. The Hall–Kier alpha value is -2.39. The monoisotopic (exact) mass is 441 g/mol. The maximum absolute atomic E-state index is 6.17. The summed E-state index contributed by atoms with van der Waals surface area (Å²) in [4.78, 5) is 0. The minimum atomic E-state index is 0.468.